The Morgan fingerprint density at radius 1 is 0.840 bits per heavy atom. The van der Waals surface area contributed by atoms with E-state index in [0.717, 1.165) is 29.5 Å². The number of anilines is 1. The first-order valence-corrected chi connectivity index (χ1v) is 8.34. The van der Waals surface area contributed by atoms with Gasteiger partial charge in [0.15, 0.2) is 0 Å². The van der Waals surface area contributed by atoms with Crippen LogP contribution in [-0.4, -0.2) is 23.3 Å². The Morgan fingerprint density at radius 3 is 2.32 bits per heavy atom. The number of azo groups is 1. The molecule has 0 aromatic heterocycles. The van der Waals surface area contributed by atoms with E-state index in [2.05, 4.69) is 29.0 Å². The first kappa shape index (κ1) is 16.8. The number of phenols is 2. The van der Waals surface area contributed by atoms with Gasteiger partial charge in [-0.15, -0.1) is 10.2 Å². The average Bonchev–Trinajstić information content (AvgIpc) is 2.63. The van der Waals surface area contributed by atoms with Crippen LogP contribution in [0.2, 0.25) is 0 Å². The smallest absolute Gasteiger partial charge is 0.145 e. The molecule has 0 heterocycles. The van der Waals surface area contributed by atoms with Crippen molar-refractivity contribution >= 4 is 27.8 Å². The first-order chi connectivity index (χ1) is 12.1. The maximum absolute atomic E-state index is 10.2. The summed E-state index contributed by atoms with van der Waals surface area (Å²) < 4.78 is 0. The van der Waals surface area contributed by atoms with Gasteiger partial charge < -0.3 is 15.1 Å². The fourth-order valence-corrected chi connectivity index (χ4v) is 2.83. The van der Waals surface area contributed by atoms with Gasteiger partial charge in [-0.2, -0.15) is 0 Å². The maximum atomic E-state index is 10.2. The molecule has 2 N–H and O–H groups in total. The fourth-order valence-electron chi connectivity index (χ4n) is 2.83. The van der Waals surface area contributed by atoms with Crippen LogP contribution in [0.4, 0.5) is 17.1 Å². The minimum absolute atomic E-state index is 0.0571. The number of benzene rings is 3. The highest BCUT2D eigenvalue weighted by atomic mass is 16.3. The lowest BCUT2D eigenvalue weighted by atomic mass is 10.1. The number of rotatable bonds is 5. The van der Waals surface area contributed by atoms with Crippen LogP contribution in [0.3, 0.4) is 0 Å². The first-order valence-electron chi connectivity index (χ1n) is 8.34. The Balaban J connectivity index is 1.97. The van der Waals surface area contributed by atoms with E-state index < -0.39 is 0 Å². The van der Waals surface area contributed by atoms with E-state index in [1.807, 2.05) is 36.4 Å². The second-order valence-electron chi connectivity index (χ2n) is 5.70. The topological polar surface area (TPSA) is 68.4 Å². The molecule has 25 heavy (non-hydrogen) atoms. The predicted molar refractivity (Wildman–Crippen MR) is 101 cm³/mol. The molecule has 0 aliphatic heterocycles. The van der Waals surface area contributed by atoms with Crippen molar-refractivity contribution < 1.29 is 10.2 Å². The van der Waals surface area contributed by atoms with Crippen LogP contribution in [0.15, 0.2) is 64.8 Å². The molecule has 0 unspecified atom stereocenters. The molecule has 0 bridgehead atoms. The van der Waals surface area contributed by atoms with Gasteiger partial charge >= 0.3 is 0 Å². The summed E-state index contributed by atoms with van der Waals surface area (Å²) in [6.07, 6.45) is 0. The predicted octanol–water partition coefficient (Wildman–Crippen LogP) is 5.51. The van der Waals surface area contributed by atoms with Crippen LogP contribution in [-0.2, 0) is 0 Å². The summed E-state index contributed by atoms with van der Waals surface area (Å²) in [6.45, 7) is 5.86. The van der Waals surface area contributed by atoms with Crippen molar-refractivity contribution in [1.82, 2.24) is 0 Å². The second kappa shape index (κ2) is 7.21. The van der Waals surface area contributed by atoms with Crippen molar-refractivity contribution in [2.45, 2.75) is 13.8 Å². The SMILES string of the molecule is CCN(CC)c1ccc(N=Nc2c(O)ccc3ccccc23)c(O)c1. The number of hydrogen-bond acceptors (Lipinski definition) is 5. The molecule has 3 rings (SSSR count). The molecule has 0 atom stereocenters. The van der Waals surface area contributed by atoms with Crippen molar-refractivity contribution in [2.75, 3.05) is 18.0 Å². The second-order valence-corrected chi connectivity index (χ2v) is 5.70. The highest BCUT2D eigenvalue weighted by molar-refractivity contribution is 5.95. The lowest BCUT2D eigenvalue weighted by Gasteiger charge is -2.21. The van der Waals surface area contributed by atoms with Crippen LogP contribution in [0, 0.1) is 0 Å². The minimum Gasteiger partial charge on any atom is -0.506 e. The summed E-state index contributed by atoms with van der Waals surface area (Å²) in [5, 5.41) is 30.5. The normalized spacial score (nSPS) is 11.3. The van der Waals surface area contributed by atoms with Crippen molar-refractivity contribution in [3.8, 4) is 11.5 Å². The molecule has 0 amide bonds. The van der Waals surface area contributed by atoms with Gasteiger partial charge in [0.25, 0.3) is 0 Å². The summed E-state index contributed by atoms with van der Waals surface area (Å²) in [5.74, 6) is 0.120. The van der Waals surface area contributed by atoms with Gasteiger partial charge in [-0.25, -0.2) is 0 Å². The van der Waals surface area contributed by atoms with Gasteiger partial charge in [-0.05, 0) is 37.4 Å². The largest absolute Gasteiger partial charge is 0.506 e. The Labute approximate surface area is 146 Å². The lowest BCUT2D eigenvalue weighted by molar-refractivity contribution is 0.474. The van der Waals surface area contributed by atoms with E-state index in [-0.39, 0.29) is 11.5 Å². The molecule has 0 saturated carbocycles. The molecule has 5 nitrogen and oxygen atoms in total. The van der Waals surface area contributed by atoms with Crippen LogP contribution >= 0.6 is 0 Å². The Morgan fingerprint density at radius 2 is 1.60 bits per heavy atom. The average molecular weight is 335 g/mol. The molecule has 3 aromatic rings. The van der Waals surface area contributed by atoms with Crippen LogP contribution in [0.25, 0.3) is 10.8 Å². The summed E-state index contributed by atoms with van der Waals surface area (Å²) >= 11 is 0. The van der Waals surface area contributed by atoms with Crippen molar-refractivity contribution in [2.24, 2.45) is 10.2 Å². The van der Waals surface area contributed by atoms with Crippen molar-refractivity contribution in [1.29, 1.82) is 0 Å². The number of fused-ring (bicyclic) bond motifs is 1. The monoisotopic (exact) mass is 335 g/mol. The minimum atomic E-state index is 0.0571. The van der Waals surface area contributed by atoms with Crippen molar-refractivity contribution in [3.05, 3.63) is 54.6 Å². The molecular weight excluding hydrogens is 314 g/mol. The molecule has 0 aliphatic carbocycles. The Kier molecular flexibility index (Phi) is 4.84. The van der Waals surface area contributed by atoms with Gasteiger partial charge in [0.05, 0.1) is 0 Å². The van der Waals surface area contributed by atoms with Crippen LogP contribution in [0.1, 0.15) is 13.8 Å². The Bertz CT molecular complexity index is 918. The van der Waals surface area contributed by atoms with E-state index in [0.29, 0.717) is 11.4 Å². The van der Waals surface area contributed by atoms with Gasteiger partial charge in [0, 0.05) is 30.2 Å². The number of aromatic hydroxyl groups is 2. The van der Waals surface area contributed by atoms with E-state index in [1.54, 1.807) is 18.2 Å². The summed E-state index contributed by atoms with van der Waals surface area (Å²) in [4.78, 5) is 2.14. The highest BCUT2D eigenvalue weighted by Gasteiger charge is 2.08. The van der Waals surface area contributed by atoms with E-state index in [4.69, 9.17) is 0 Å². The number of hydrogen-bond donors (Lipinski definition) is 2. The third-order valence-electron chi connectivity index (χ3n) is 4.22. The van der Waals surface area contributed by atoms with E-state index >= 15 is 0 Å². The van der Waals surface area contributed by atoms with Gasteiger partial charge in [0.2, 0.25) is 0 Å². The van der Waals surface area contributed by atoms with Crippen molar-refractivity contribution in [3.63, 3.8) is 0 Å². The Hall–Kier alpha value is -3.08. The molecule has 0 fully saturated rings. The molecule has 0 aliphatic rings. The zero-order valence-corrected chi connectivity index (χ0v) is 14.3. The van der Waals surface area contributed by atoms with Gasteiger partial charge in [0.1, 0.15) is 22.9 Å². The molecule has 5 heteroatoms. The molecule has 128 valence electrons. The standard InChI is InChI=1S/C20H21N3O2/c1-3-23(4-2)15-10-11-17(19(25)13-15)21-22-20-16-8-6-5-7-14(16)9-12-18(20)24/h5-13,24-25H,3-4H2,1-2H3. The van der Waals surface area contributed by atoms with E-state index in [1.165, 1.54) is 0 Å². The van der Waals surface area contributed by atoms with Crippen LogP contribution < -0.4 is 4.90 Å². The molecule has 0 saturated heterocycles. The molecule has 0 radical (unpaired) electrons. The third kappa shape index (κ3) is 3.40. The molecule has 0 spiro atoms. The highest BCUT2D eigenvalue weighted by Crippen LogP contribution is 2.38. The molecular formula is C20H21N3O2. The zero-order chi connectivity index (χ0) is 17.8. The summed E-state index contributed by atoms with van der Waals surface area (Å²) in [7, 11) is 0. The third-order valence-corrected chi connectivity index (χ3v) is 4.22. The number of nitrogens with zero attached hydrogens (tertiary/aromatic N) is 3. The molecule has 3 aromatic carbocycles. The lowest BCUT2D eigenvalue weighted by Crippen LogP contribution is -2.21. The fraction of sp³-hybridized carbons (Fsp3) is 0.200. The van der Waals surface area contributed by atoms with E-state index in [9.17, 15) is 10.2 Å². The number of phenolic OH excluding ortho intramolecular Hbond substituents is 2. The zero-order valence-electron chi connectivity index (χ0n) is 14.3. The van der Waals surface area contributed by atoms with Gasteiger partial charge in [-0.3, -0.25) is 0 Å². The summed E-state index contributed by atoms with van der Waals surface area (Å²) in [5.41, 5.74) is 1.70. The maximum Gasteiger partial charge on any atom is 0.145 e. The summed E-state index contributed by atoms with van der Waals surface area (Å²) in [6, 6.07) is 16.4. The van der Waals surface area contributed by atoms with Crippen LogP contribution in [0.5, 0.6) is 11.5 Å². The van der Waals surface area contributed by atoms with Gasteiger partial charge in [-0.1, -0.05) is 30.3 Å². The quantitative estimate of drug-likeness (QED) is 0.604.